The summed E-state index contributed by atoms with van der Waals surface area (Å²) in [7, 11) is 0. The molecule has 4 rings (SSSR count). The highest BCUT2D eigenvalue weighted by Crippen LogP contribution is 2.34. The minimum absolute atomic E-state index is 0.0566. The second kappa shape index (κ2) is 6.26. The zero-order valence-electron chi connectivity index (χ0n) is 14.0. The number of rotatable bonds is 2. The Balaban J connectivity index is 1.66. The Morgan fingerprint density at radius 3 is 3.00 bits per heavy atom. The largest absolute Gasteiger partial charge is 0.396 e. The highest BCUT2D eigenvalue weighted by Gasteiger charge is 2.38. The van der Waals surface area contributed by atoms with Crippen LogP contribution >= 0.6 is 11.9 Å². The van der Waals surface area contributed by atoms with Crippen LogP contribution in [0.15, 0.2) is 29.5 Å². The number of amides is 1. The zero-order chi connectivity index (χ0) is 18.3. The van der Waals surface area contributed by atoms with Crippen LogP contribution in [0.3, 0.4) is 0 Å². The average molecular weight is 371 g/mol. The van der Waals surface area contributed by atoms with Crippen molar-refractivity contribution < 1.29 is 14.3 Å². The van der Waals surface area contributed by atoms with Gasteiger partial charge in [-0.3, -0.25) is 9.78 Å². The second-order valence-electron chi connectivity index (χ2n) is 6.33. The summed E-state index contributed by atoms with van der Waals surface area (Å²) >= 11 is 0.961. The second-order valence-corrected chi connectivity index (χ2v) is 7.09. The number of carbonyl (C=O) groups excluding carboxylic acids is 2. The van der Waals surface area contributed by atoms with Gasteiger partial charge in [-0.2, -0.15) is 0 Å². The SMILES string of the molecule is CC1(C(N)=O)N=C(OC(=O)c2c[nH]c3c2-c2ncccc2CCC3)SN1. The first-order chi connectivity index (χ1) is 12.5. The van der Waals surface area contributed by atoms with E-state index >= 15 is 0 Å². The molecule has 26 heavy (non-hydrogen) atoms. The number of ether oxygens (including phenoxy) is 1. The van der Waals surface area contributed by atoms with E-state index in [0.717, 1.165) is 53.7 Å². The number of aryl methyl sites for hydroxylation is 2. The van der Waals surface area contributed by atoms with E-state index in [1.165, 1.54) is 6.92 Å². The number of hydrogen-bond donors (Lipinski definition) is 3. The summed E-state index contributed by atoms with van der Waals surface area (Å²) in [6.45, 7) is 1.52. The van der Waals surface area contributed by atoms with E-state index in [1.807, 2.05) is 12.1 Å². The van der Waals surface area contributed by atoms with Gasteiger partial charge in [0.15, 0.2) is 5.66 Å². The Morgan fingerprint density at radius 1 is 1.38 bits per heavy atom. The Kier molecular flexibility index (Phi) is 4.04. The summed E-state index contributed by atoms with van der Waals surface area (Å²) in [5.41, 5.74) is 8.07. The van der Waals surface area contributed by atoms with Crippen LogP contribution < -0.4 is 10.5 Å². The molecule has 0 saturated heterocycles. The summed E-state index contributed by atoms with van der Waals surface area (Å²) in [5, 5.41) is 0.0566. The van der Waals surface area contributed by atoms with Crippen molar-refractivity contribution in [2.24, 2.45) is 10.7 Å². The number of carbonyl (C=O) groups is 2. The van der Waals surface area contributed by atoms with Crippen molar-refractivity contribution in [3.63, 3.8) is 0 Å². The van der Waals surface area contributed by atoms with Gasteiger partial charge in [-0.05, 0) is 37.8 Å². The maximum atomic E-state index is 12.7. The molecule has 2 aromatic rings. The molecule has 0 radical (unpaired) electrons. The topological polar surface area (TPSA) is 122 Å². The number of H-pyrrole nitrogens is 1. The first-order valence-electron chi connectivity index (χ1n) is 8.18. The van der Waals surface area contributed by atoms with E-state index in [9.17, 15) is 9.59 Å². The lowest BCUT2D eigenvalue weighted by molar-refractivity contribution is -0.122. The minimum atomic E-state index is -1.29. The smallest absolute Gasteiger partial charge is 0.347 e. The molecule has 134 valence electrons. The monoisotopic (exact) mass is 371 g/mol. The van der Waals surface area contributed by atoms with E-state index in [1.54, 1.807) is 12.4 Å². The Labute approximate surface area is 153 Å². The molecular formula is C17H17N5O3S. The number of aliphatic imine (C=N–C) groups is 1. The molecule has 9 heteroatoms. The number of aromatic amines is 1. The van der Waals surface area contributed by atoms with Gasteiger partial charge in [0.2, 0.25) is 0 Å². The minimum Gasteiger partial charge on any atom is -0.396 e. The van der Waals surface area contributed by atoms with Crippen LogP contribution in [-0.4, -0.2) is 32.7 Å². The number of esters is 1. The number of pyridine rings is 1. The molecule has 8 nitrogen and oxygen atoms in total. The number of fused-ring (bicyclic) bond motifs is 3. The summed E-state index contributed by atoms with van der Waals surface area (Å²) in [6.07, 6.45) is 6.07. The van der Waals surface area contributed by atoms with Crippen LogP contribution in [0.2, 0.25) is 0 Å². The van der Waals surface area contributed by atoms with Crippen LogP contribution in [-0.2, 0) is 22.4 Å². The summed E-state index contributed by atoms with van der Waals surface area (Å²) in [4.78, 5) is 35.9. The fourth-order valence-corrected chi connectivity index (χ4v) is 3.85. The van der Waals surface area contributed by atoms with Gasteiger partial charge in [0.25, 0.3) is 11.1 Å². The molecule has 0 saturated carbocycles. The highest BCUT2D eigenvalue weighted by atomic mass is 32.2. The molecule has 1 atom stereocenters. The van der Waals surface area contributed by atoms with Crippen molar-refractivity contribution in [2.75, 3.05) is 0 Å². The zero-order valence-corrected chi connectivity index (χ0v) is 14.9. The Hall–Kier alpha value is -2.65. The van der Waals surface area contributed by atoms with Gasteiger partial charge in [0, 0.05) is 35.6 Å². The van der Waals surface area contributed by atoms with Crippen molar-refractivity contribution in [3.8, 4) is 11.3 Å². The molecular weight excluding hydrogens is 354 g/mol. The standard InChI is InChI=1S/C17H17N5O3S/c1-17(15(18)24)21-16(26-22-17)25-14(23)10-8-20-11-6-2-4-9-5-3-7-19-13(9)12(10)11/h3,5,7-8,20,22H,2,4,6H2,1H3,(H2,18,24). The van der Waals surface area contributed by atoms with E-state index in [2.05, 4.69) is 19.7 Å². The van der Waals surface area contributed by atoms with E-state index in [4.69, 9.17) is 10.5 Å². The fraction of sp³-hybridized carbons (Fsp3) is 0.294. The predicted molar refractivity (Wildman–Crippen MR) is 97.2 cm³/mol. The summed E-state index contributed by atoms with van der Waals surface area (Å²) in [6, 6.07) is 3.92. The van der Waals surface area contributed by atoms with Gasteiger partial charge < -0.3 is 15.5 Å². The quantitative estimate of drug-likeness (QED) is 0.543. The molecule has 0 aromatic carbocycles. The van der Waals surface area contributed by atoms with Crippen molar-refractivity contribution in [1.29, 1.82) is 0 Å². The summed E-state index contributed by atoms with van der Waals surface area (Å²) in [5.74, 6) is -1.20. The third kappa shape index (κ3) is 2.78. The molecule has 0 spiro atoms. The molecule has 1 amide bonds. The lowest BCUT2D eigenvalue weighted by Gasteiger charge is -2.13. The molecule has 3 heterocycles. The molecule has 1 aliphatic carbocycles. The average Bonchev–Trinajstić information content (AvgIpc) is 3.15. The third-order valence-electron chi connectivity index (χ3n) is 4.49. The first-order valence-corrected chi connectivity index (χ1v) is 9.00. The number of nitrogens with two attached hydrogens (primary N) is 1. The molecule has 0 fully saturated rings. The Morgan fingerprint density at radius 2 is 2.23 bits per heavy atom. The van der Waals surface area contributed by atoms with Gasteiger partial charge in [0.1, 0.15) is 0 Å². The van der Waals surface area contributed by atoms with Crippen LogP contribution in [0.25, 0.3) is 11.3 Å². The summed E-state index contributed by atoms with van der Waals surface area (Å²) < 4.78 is 8.14. The van der Waals surface area contributed by atoms with Crippen molar-refractivity contribution in [1.82, 2.24) is 14.7 Å². The van der Waals surface area contributed by atoms with E-state index in [-0.39, 0.29) is 5.23 Å². The number of aromatic nitrogens is 2. The lowest BCUT2D eigenvalue weighted by Crippen LogP contribution is -2.46. The molecule has 1 unspecified atom stereocenters. The fourth-order valence-electron chi connectivity index (χ4n) is 3.07. The van der Waals surface area contributed by atoms with E-state index < -0.39 is 17.5 Å². The van der Waals surface area contributed by atoms with Crippen LogP contribution in [0, 0.1) is 0 Å². The number of hydrogen-bond acceptors (Lipinski definition) is 7. The van der Waals surface area contributed by atoms with Gasteiger partial charge >= 0.3 is 5.97 Å². The van der Waals surface area contributed by atoms with Crippen molar-refractivity contribution in [3.05, 3.63) is 41.3 Å². The van der Waals surface area contributed by atoms with Crippen LogP contribution in [0.1, 0.15) is 35.0 Å². The van der Waals surface area contributed by atoms with E-state index in [0.29, 0.717) is 5.56 Å². The highest BCUT2D eigenvalue weighted by molar-refractivity contribution is 8.12. The van der Waals surface area contributed by atoms with Gasteiger partial charge in [0.05, 0.1) is 11.3 Å². The lowest BCUT2D eigenvalue weighted by atomic mass is 10.0. The van der Waals surface area contributed by atoms with Gasteiger partial charge in [-0.15, -0.1) is 0 Å². The maximum Gasteiger partial charge on any atom is 0.347 e. The third-order valence-corrected chi connectivity index (χ3v) is 5.34. The van der Waals surface area contributed by atoms with Crippen molar-refractivity contribution >= 4 is 29.1 Å². The van der Waals surface area contributed by atoms with Gasteiger partial charge in [-0.25, -0.2) is 14.5 Å². The first kappa shape index (κ1) is 16.8. The molecule has 4 N–H and O–H groups in total. The number of nitrogens with zero attached hydrogens (tertiary/aromatic N) is 2. The predicted octanol–water partition coefficient (Wildman–Crippen LogP) is 1.53. The maximum absolute atomic E-state index is 12.7. The normalized spacial score (nSPS) is 21.3. The van der Waals surface area contributed by atoms with Crippen LogP contribution in [0.4, 0.5) is 0 Å². The molecule has 2 aliphatic rings. The molecule has 0 bridgehead atoms. The number of primary amides is 1. The van der Waals surface area contributed by atoms with Gasteiger partial charge in [-0.1, -0.05) is 6.07 Å². The van der Waals surface area contributed by atoms with Crippen LogP contribution in [0.5, 0.6) is 0 Å². The Bertz CT molecular complexity index is 938. The number of nitrogens with one attached hydrogen (secondary N) is 2. The molecule has 1 aliphatic heterocycles. The molecule has 2 aromatic heterocycles. The van der Waals surface area contributed by atoms with Crippen molar-refractivity contribution in [2.45, 2.75) is 31.8 Å².